The lowest BCUT2D eigenvalue weighted by molar-refractivity contribution is 0.0499. The Balaban J connectivity index is 2.49. The van der Waals surface area contributed by atoms with Crippen molar-refractivity contribution >= 4 is 11.6 Å². The van der Waals surface area contributed by atoms with Crippen molar-refractivity contribution in [2.45, 2.75) is 39.4 Å². The van der Waals surface area contributed by atoms with E-state index in [-0.39, 0.29) is 35.5 Å². The van der Waals surface area contributed by atoms with Crippen molar-refractivity contribution in [2.24, 2.45) is 0 Å². The van der Waals surface area contributed by atoms with Crippen molar-refractivity contribution in [2.75, 3.05) is 21.0 Å². The third-order valence-electron chi connectivity index (χ3n) is 4.41. The van der Waals surface area contributed by atoms with Crippen LogP contribution < -0.4 is 18.9 Å². The van der Waals surface area contributed by atoms with Crippen molar-refractivity contribution in [1.29, 1.82) is 0 Å². The number of carbonyl (C=O) groups excluding carboxylic acids is 2. The first-order valence-corrected chi connectivity index (χ1v) is 10.1. The highest BCUT2D eigenvalue weighted by atomic mass is 16.7. The second-order valence-corrected chi connectivity index (χ2v) is 7.81. The highest BCUT2D eigenvalue weighted by molar-refractivity contribution is 6.50. The molecule has 0 spiro atoms. The van der Waals surface area contributed by atoms with Gasteiger partial charge in [0.25, 0.3) is 0 Å². The first-order chi connectivity index (χ1) is 15.1. The fourth-order valence-electron chi connectivity index (χ4n) is 2.75. The van der Waals surface area contributed by atoms with Crippen molar-refractivity contribution in [1.82, 2.24) is 0 Å². The van der Waals surface area contributed by atoms with Gasteiger partial charge in [-0.25, -0.2) is 0 Å². The van der Waals surface area contributed by atoms with Crippen molar-refractivity contribution < 1.29 is 33.3 Å². The van der Waals surface area contributed by atoms with E-state index in [0.29, 0.717) is 11.5 Å². The predicted molar refractivity (Wildman–Crippen MR) is 121 cm³/mol. The summed E-state index contributed by atoms with van der Waals surface area (Å²) < 4.78 is 27.3. The molecule has 172 valence electrons. The van der Waals surface area contributed by atoms with Gasteiger partial charge in [-0.15, -0.1) is 0 Å². The number of carbonyl (C=O) groups is 2. The normalized spacial score (nSPS) is 11.1. The zero-order valence-corrected chi connectivity index (χ0v) is 19.4. The van der Waals surface area contributed by atoms with E-state index in [2.05, 4.69) is 6.58 Å². The average molecular weight is 443 g/mol. The van der Waals surface area contributed by atoms with Crippen LogP contribution in [0.5, 0.6) is 23.0 Å². The summed E-state index contributed by atoms with van der Waals surface area (Å²) in [7, 11) is 2.95. The lowest BCUT2D eigenvalue weighted by Gasteiger charge is -2.24. The zero-order chi connectivity index (χ0) is 23.9. The molecular weight excluding hydrogens is 412 g/mol. The summed E-state index contributed by atoms with van der Waals surface area (Å²) in [5, 5.41) is 0. The quantitative estimate of drug-likeness (QED) is 0.201. The minimum Gasteiger partial charge on any atom is -0.497 e. The molecule has 2 rings (SSSR count). The molecule has 7 nitrogen and oxygen atoms in total. The molecule has 0 fully saturated rings. The molecule has 0 aromatic heterocycles. The Bertz CT molecular complexity index is 976. The van der Waals surface area contributed by atoms with Crippen LogP contribution in [0.2, 0.25) is 0 Å². The molecule has 0 saturated heterocycles. The van der Waals surface area contributed by atoms with E-state index in [1.807, 2.05) is 13.8 Å². The van der Waals surface area contributed by atoms with E-state index >= 15 is 0 Å². The largest absolute Gasteiger partial charge is 0.497 e. The van der Waals surface area contributed by atoms with E-state index in [1.165, 1.54) is 32.4 Å². The van der Waals surface area contributed by atoms with Crippen LogP contribution >= 0.6 is 0 Å². The number of benzene rings is 2. The highest BCUT2D eigenvalue weighted by Crippen LogP contribution is 2.32. The van der Waals surface area contributed by atoms with Gasteiger partial charge < -0.3 is 23.7 Å². The zero-order valence-electron chi connectivity index (χ0n) is 19.4. The van der Waals surface area contributed by atoms with E-state index < -0.39 is 17.2 Å². The van der Waals surface area contributed by atoms with E-state index in [4.69, 9.17) is 23.7 Å². The summed E-state index contributed by atoms with van der Waals surface area (Å²) in [6.07, 6.45) is 1.54. The van der Waals surface area contributed by atoms with Gasteiger partial charge in [-0.1, -0.05) is 6.58 Å². The highest BCUT2D eigenvalue weighted by Gasteiger charge is 2.28. The Morgan fingerprint density at radius 3 is 2.06 bits per heavy atom. The Kier molecular flexibility index (Phi) is 8.43. The van der Waals surface area contributed by atoms with Gasteiger partial charge in [0.05, 0.1) is 24.3 Å². The van der Waals surface area contributed by atoms with Crippen LogP contribution in [0.25, 0.3) is 0 Å². The van der Waals surface area contributed by atoms with E-state index in [1.54, 1.807) is 38.1 Å². The number of methoxy groups -OCH3 is 2. The van der Waals surface area contributed by atoms with E-state index in [0.717, 1.165) is 0 Å². The Hall–Kier alpha value is -3.32. The summed E-state index contributed by atoms with van der Waals surface area (Å²) in [6, 6.07) is 9.34. The van der Waals surface area contributed by atoms with Gasteiger partial charge in [0, 0.05) is 19.2 Å². The number of ketones is 2. The van der Waals surface area contributed by atoms with Crippen LogP contribution in [0.15, 0.2) is 49.1 Å². The molecule has 0 radical (unpaired) electrons. The van der Waals surface area contributed by atoms with Crippen molar-refractivity contribution in [3.05, 3.63) is 60.2 Å². The molecule has 0 N–H and O–H groups in total. The smallest absolute Gasteiger partial charge is 0.237 e. The maximum atomic E-state index is 13.2. The number of ether oxygens (including phenoxy) is 5. The van der Waals surface area contributed by atoms with Gasteiger partial charge in [0.2, 0.25) is 11.6 Å². The van der Waals surface area contributed by atoms with E-state index in [9.17, 15) is 9.59 Å². The molecule has 0 bridgehead atoms. The summed E-state index contributed by atoms with van der Waals surface area (Å²) in [6.45, 7) is 11.0. The van der Waals surface area contributed by atoms with Crippen LogP contribution in [0.4, 0.5) is 0 Å². The minimum atomic E-state index is -0.776. The van der Waals surface area contributed by atoms with Gasteiger partial charge >= 0.3 is 0 Å². The molecule has 0 aliphatic rings. The van der Waals surface area contributed by atoms with Crippen LogP contribution in [0.3, 0.4) is 0 Å². The summed E-state index contributed by atoms with van der Waals surface area (Å²) in [4.78, 5) is 26.4. The van der Waals surface area contributed by atoms with Crippen LogP contribution in [-0.2, 0) is 4.74 Å². The summed E-state index contributed by atoms with van der Waals surface area (Å²) in [5.74, 6) is -0.0992. The Labute approximate surface area is 188 Å². The average Bonchev–Trinajstić information content (AvgIpc) is 2.76. The standard InChI is InChI=1S/C25H30O7/c1-8-25(4,5)32-22-14-18(31-16(2)3)10-12-20(22)24(27)23(26)19-11-9-17(29-7)13-21(19)30-15-28-6/h8-14,16H,1,15H2,2-7H3. The third-order valence-corrected chi connectivity index (χ3v) is 4.41. The van der Waals surface area contributed by atoms with Gasteiger partial charge in [-0.2, -0.15) is 0 Å². The topological polar surface area (TPSA) is 80.3 Å². The summed E-state index contributed by atoms with van der Waals surface area (Å²) in [5.41, 5.74) is -0.583. The molecule has 0 unspecified atom stereocenters. The molecule has 2 aromatic rings. The number of hydrogen-bond donors (Lipinski definition) is 0. The number of hydrogen-bond acceptors (Lipinski definition) is 7. The SMILES string of the molecule is C=CC(C)(C)Oc1cc(OC(C)C)ccc1C(=O)C(=O)c1ccc(OC)cc1OCOC. The molecule has 0 heterocycles. The second kappa shape index (κ2) is 10.8. The monoisotopic (exact) mass is 442 g/mol. The molecule has 0 aliphatic heterocycles. The lowest BCUT2D eigenvalue weighted by Crippen LogP contribution is -2.26. The Morgan fingerprint density at radius 2 is 1.53 bits per heavy atom. The van der Waals surface area contributed by atoms with Crippen LogP contribution in [0.1, 0.15) is 48.4 Å². The lowest BCUT2D eigenvalue weighted by atomic mass is 9.99. The van der Waals surface area contributed by atoms with Crippen molar-refractivity contribution in [3.8, 4) is 23.0 Å². The van der Waals surface area contributed by atoms with Crippen LogP contribution in [0, 0.1) is 0 Å². The van der Waals surface area contributed by atoms with Crippen LogP contribution in [-0.4, -0.2) is 44.3 Å². The first-order valence-electron chi connectivity index (χ1n) is 10.1. The fourth-order valence-corrected chi connectivity index (χ4v) is 2.75. The molecule has 0 saturated carbocycles. The maximum absolute atomic E-state index is 13.2. The summed E-state index contributed by atoms with van der Waals surface area (Å²) >= 11 is 0. The molecule has 32 heavy (non-hydrogen) atoms. The molecule has 0 atom stereocenters. The number of rotatable bonds is 12. The van der Waals surface area contributed by atoms with Gasteiger partial charge in [0.1, 0.15) is 28.6 Å². The second-order valence-electron chi connectivity index (χ2n) is 7.81. The molecule has 0 aliphatic carbocycles. The van der Waals surface area contributed by atoms with Crippen molar-refractivity contribution in [3.63, 3.8) is 0 Å². The van der Waals surface area contributed by atoms with Gasteiger partial charge in [0.15, 0.2) is 6.79 Å². The third kappa shape index (κ3) is 6.34. The molecule has 7 heteroatoms. The van der Waals surface area contributed by atoms with Gasteiger partial charge in [-0.05, 0) is 58.0 Å². The fraction of sp³-hybridized carbons (Fsp3) is 0.360. The number of Topliss-reactive ketones (excluding diaryl/α,β-unsaturated/α-hetero) is 2. The minimum absolute atomic E-state index is 0.0711. The van der Waals surface area contributed by atoms with Gasteiger partial charge in [-0.3, -0.25) is 9.59 Å². The molecule has 0 amide bonds. The maximum Gasteiger partial charge on any atom is 0.237 e. The predicted octanol–water partition coefficient (Wildman–Crippen LogP) is 4.87. The Morgan fingerprint density at radius 1 is 0.969 bits per heavy atom. The molecular formula is C25H30O7. The molecule has 2 aromatic carbocycles. The first kappa shape index (κ1) is 24.9.